The Morgan fingerprint density at radius 2 is 1.60 bits per heavy atom. The summed E-state index contributed by atoms with van der Waals surface area (Å²) in [5.41, 5.74) is 0. The Morgan fingerprint density at radius 1 is 1.60 bits per heavy atom. The fourth-order valence-electron chi connectivity index (χ4n) is 0. The molecule has 1 N–H and O–H groups in total. The molecule has 0 aromatic rings. The maximum absolute atomic E-state index is 7.71. The van der Waals surface area contributed by atoms with Gasteiger partial charge < -0.3 is 4.80 Å². The van der Waals surface area contributed by atoms with Gasteiger partial charge in [-0.2, -0.15) is 0 Å². The minimum atomic E-state index is -0.583. The summed E-state index contributed by atoms with van der Waals surface area (Å²) in [6, 6.07) is 0. The number of rotatable bonds is 0. The van der Waals surface area contributed by atoms with Gasteiger partial charge in [0, 0.05) is 0 Å². The van der Waals surface area contributed by atoms with Crippen molar-refractivity contribution in [2.45, 2.75) is 10.7 Å². The summed E-state index contributed by atoms with van der Waals surface area (Å²) in [5.74, 6) is 0. The van der Waals surface area contributed by atoms with Gasteiger partial charge in [-0.3, -0.25) is 0 Å². The fourth-order valence-corrected chi connectivity index (χ4v) is 0. The SMILES string of the molecule is C[SiH2]O.[CH3][Na]. The monoisotopic (exact) mass is 100 g/mol. The molecule has 0 spiro atoms. The Hall–Kier alpha value is 1.18. The minimum absolute atomic E-state index is 0.583. The summed E-state index contributed by atoms with van der Waals surface area (Å²) in [5, 5.41) is 0. The van der Waals surface area contributed by atoms with Crippen molar-refractivity contribution < 1.29 is 4.80 Å². The van der Waals surface area contributed by atoms with Gasteiger partial charge in [0.25, 0.3) is 0 Å². The van der Waals surface area contributed by atoms with Gasteiger partial charge in [-0.1, -0.05) is 6.55 Å². The normalized spacial score (nSPS) is 7.40. The molecule has 0 heterocycles. The van der Waals surface area contributed by atoms with Gasteiger partial charge in [-0.05, 0) is 0 Å². The summed E-state index contributed by atoms with van der Waals surface area (Å²) in [7, 11) is -0.583. The average molecular weight is 100 g/mol. The Balaban J connectivity index is 0. The molecular formula is C2H9NaOSi. The van der Waals surface area contributed by atoms with E-state index in [1.54, 1.807) is 0 Å². The van der Waals surface area contributed by atoms with Crippen molar-refractivity contribution in [2.75, 3.05) is 0 Å². The topological polar surface area (TPSA) is 20.2 Å². The molecule has 0 unspecified atom stereocenters. The van der Waals surface area contributed by atoms with Crippen LogP contribution in [0.25, 0.3) is 0 Å². The molecule has 0 aliphatic rings. The van der Waals surface area contributed by atoms with Gasteiger partial charge >= 0.3 is 32.1 Å². The van der Waals surface area contributed by atoms with Crippen LogP contribution in [0.2, 0.25) is 10.7 Å². The molecule has 0 aliphatic carbocycles. The molecule has 1 nitrogen and oxygen atoms in total. The summed E-state index contributed by atoms with van der Waals surface area (Å²) < 4.78 is 2.14. The first-order valence-corrected chi connectivity index (χ1v) is 6.07. The molecule has 0 aliphatic heterocycles. The van der Waals surface area contributed by atoms with E-state index in [4.69, 9.17) is 4.80 Å². The predicted octanol–water partition coefficient (Wildman–Crippen LogP) is -0.686. The van der Waals surface area contributed by atoms with Crippen LogP contribution in [-0.4, -0.2) is 42.5 Å². The molecular weight excluding hydrogens is 91.1 g/mol. The van der Waals surface area contributed by atoms with Crippen LogP contribution in [0.5, 0.6) is 0 Å². The molecule has 28 valence electrons. The first-order valence-electron chi connectivity index (χ1n) is 2.02. The van der Waals surface area contributed by atoms with Crippen LogP contribution in [-0.2, 0) is 0 Å². The van der Waals surface area contributed by atoms with Crippen molar-refractivity contribution >= 4 is 37.7 Å². The third kappa shape index (κ3) is 37.7. The second-order valence-corrected chi connectivity index (χ2v) is 0.949. The molecule has 0 atom stereocenters. The van der Waals surface area contributed by atoms with E-state index in [0.717, 1.165) is 0 Å². The van der Waals surface area contributed by atoms with Gasteiger partial charge in [0.15, 0.2) is 9.76 Å². The van der Waals surface area contributed by atoms with E-state index in [2.05, 4.69) is 4.17 Å². The zero-order valence-electron chi connectivity index (χ0n) is 4.15. The van der Waals surface area contributed by atoms with Crippen molar-refractivity contribution in [3.63, 3.8) is 0 Å². The summed E-state index contributed by atoms with van der Waals surface area (Å²) in [4.78, 5) is 7.71. The second kappa shape index (κ2) is 19.1. The molecule has 0 aromatic heterocycles. The molecule has 5 heavy (non-hydrogen) atoms. The fraction of sp³-hybridized carbons (Fsp3) is 1.00. The Kier molecular flexibility index (Phi) is 36.2. The standard InChI is InChI=1S/CH6OSi.CH3.Na/c1-3-2;;/h2H,3H2,1H3;1H3;. The van der Waals surface area contributed by atoms with Crippen molar-refractivity contribution in [3.8, 4) is 0 Å². The Labute approximate surface area is 53.1 Å². The van der Waals surface area contributed by atoms with E-state index in [1.807, 2.05) is 6.55 Å². The number of hydrogen-bond acceptors (Lipinski definition) is 1. The maximum atomic E-state index is 7.71. The summed E-state index contributed by atoms with van der Waals surface area (Å²) in [6.07, 6.45) is 0. The molecule has 0 saturated heterocycles. The van der Waals surface area contributed by atoms with E-state index in [9.17, 15) is 0 Å². The molecule has 0 bridgehead atoms. The summed E-state index contributed by atoms with van der Waals surface area (Å²) in [6.45, 7) is 1.82. The average Bonchev–Trinajstić information content (AvgIpc) is 1.46. The van der Waals surface area contributed by atoms with Crippen molar-refractivity contribution in [1.29, 1.82) is 0 Å². The second-order valence-electron chi connectivity index (χ2n) is 0.316. The van der Waals surface area contributed by atoms with Gasteiger partial charge in [0.2, 0.25) is 0 Å². The van der Waals surface area contributed by atoms with E-state index in [1.165, 1.54) is 27.9 Å². The van der Waals surface area contributed by atoms with Crippen LogP contribution in [0.3, 0.4) is 0 Å². The first kappa shape index (κ1) is 9.49. The molecule has 3 heteroatoms. The molecule has 0 saturated carbocycles. The third-order valence-corrected chi connectivity index (χ3v) is 0. The van der Waals surface area contributed by atoms with Crippen LogP contribution < -0.4 is 0 Å². The van der Waals surface area contributed by atoms with Crippen molar-refractivity contribution in [3.05, 3.63) is 0 Å². The Bertz CT molecular complexity index is 9.61. The van der Waals surface area contributed by atoms with Gasteiger partial charge in [0.05, 0.1) is 0 Å². The van der Waals surface area contributed by atoms with Crippen LogP contribution in [0.15, 0.2) is 0 Å². The van der Waals surface area contributed by atoms with Gasteiger partial charge in [-0.15, -0.1) is 0 Å². The van der Waals surface area contributed by atoms with Gasteiger partial charge in [-0.25, -0.2) is 0 Å². The van der Waals surface area contributed by atoms with E-state index >= 15 is 0 Å². The molecule has 0 radical (unpaired) electrons. The van der Waals surface area contributed by atoms with Crippen LogP contribution in [0, 0.1) is 0 Å². The van der Waals surface area contributed by atoms with Gasteiger partial charge in [0.1, 0.15) is 0 Å². The van der Waals surface area contributed by atoms with Crippen LogP contribution in [0.4, 0.5) is 0 Å². The first-order chi connectivity index (χ1) is 2.41. The van der Waals surface area contributed by atoms with E-state index < -0.39 is 9.76 Å². The van der Waals surface area contributed by atoms with E-state index in [-0.39, 0.29) is 0 Å². The molecule has 0 aromatic carbocycles. The van der Waals surface area contributed by atoms with Crippen LogP contribution >= 0.6 is 0 Å². The number of hydrogen-bond donors (Lipinski definition) is 1. The molecule has 0 amide bonds. The van der Waals surface area contributed by atoms with Crippen molar-refractivity contribution in [2.24, 2.45) is 0 Å². The zero-order valence-corrected chi connectivity index (χ0v) is 7.57. The predicted molar refractivity (Wildman–Crippen MR) is 28.2 cm³/mol. The quantitative estimate of drug-likeness (QED) is 0.400. The molecule has 0 rings (SSSR count). The Morgan fingerprint density at radius 3 is 1.60 bits per heavy atom. The summed E-state index contributed by atoms with van der Waals surface area (Å²) >= 11 is 1.31. The van der Waals surface area contributed by atoms with Crippen molar-refractivity contribution in [1.82, 2.24) is 0 Å². The van der Waals surface area contributed by atoms with Crippen LogP contribution in [0.1, 0.15) is 0 Å². The molecule has 0 fully saturated rings. The third-order valence-electron chi connectivity index (χ3n) is 0. The zero-order chi connectivity index (χ0) is 4.71. The van der Waals surface area contributed by atoms with E-state index in [0.29, 0.717) is 0 Å².